The zero-order valence-corrected chi connectivity index (χ0v) is 12.9. The second-order valence-electron chi connectivity index (χ2n) is 6.57. The molecule has 0 spiro atoms. The largest absolute Gasteiger partial charge is 0.390 e. The maximum Gasteiger partial charge on any atom is 0.224 e. The van der Waals surface area contributed by atoms with E-state index in [4.69, 9.17) is 0 Å². The Hall–Kier alpha value is -2.27. The number of nitrogens with one attached hydrogen (secondary N) is 1. The zero-order chi connectivity index (χ0) is 16.8. The third-order valence-electron chi connectivity index (χ3n) is 4.99. The number of fused-ring (bicyclic) bond motifs is 1. The highest BCUT2D eigenvalue weighted by molar-refractivity contribution is 5.83. The van der Waals surface area contributed by atoms with E-state index >= 15 is 0 Å². The molecule has 2 aromatic carbocycles. The fourth-order valence-electron chi connectivity index (χ4n) is 3.64. The number of carbonyl (C=O) groups excluding carboxylic acids is 1. The number of aliphatic hydroxyl groups is 1. The van der Waals surface area contributed by atoms with Gasteiger partial charge in [-0.05, 0) is 35.1 Å². The molecule has 0 heterocycles. The maximum atomic E-state index is 13.8. The molecule has 0 saturated heterocycles. The summed E-state index contributed by atoms with van der Waals surface area (Å²) < 4.78 is 26.8. The Morgan fingerprint density at radius 2 is 1.92 bits per heavy atom. The van der Waals surface area contributed by atoms with Gasteiger partial charge in [-0.25, -0.2) is 8.78 Å². The van der Waals surface area contributed by atoms with Gasteiger partial charge in [0.05, 0.1) is 12.1 Å². The predicted octanol–water partition coefficient (Wildman–Crippen LogP) is 2.84. The molecule has 4 unspecified atom stereocenters. The van der Waals surface area contributed by atoms with Gasteiger partial charge >= 0.3 is 0 Å². The Labute approximate surface area is 138 Å². The summed E-state index contributed by atoms with van der Waals surface area (Å²) in [5.41, 5.74) is 2.35. The van der Waals surface area contributed by atoms with E-state index in [-0.39, 0.29) is 17.7 Å². The summed E-state index contributed by atoms with van der Waals surface area (Å²) in [6.07, 6.45) is 0.409. The first-order chi connectivity index (χ1) is 11.5. The molecule has 2 aromatic rings. The van der Waals surface area contributed by atoms with Crippen LogP contribution in [0.2, 0.25) is 0 Å². The molecule has 4 atom stereocenters. The highest BCUT2D eigenvalue weighted by Gasteiger charge is 2.46. The molecular formula is C19H17F2NO2. The van der Waals surface area contributed by atoms with Crippen LogP contribution in [0.3, 0.4) is 0 Å². The molecule has 24 heavy (non-hydrogen) atoms. The minimum atomic E-state index is -0.647. The minimum Gasteiger partial charge on any atom is -0.390 e. The molecule has 2 aliphatic rings. The smallest absolute Gasteiger partial charge is 0.224 e. The van der Waals surface area contributed by atoms with Crippen molar-refractivity contribution in [1.29, 1.82) is 0 Å². The molecule has 2 N–H and O–H groups in total. The number of rotatable bonds is 3. The van der Waals surface area contributed by atoms with E-state index in [1.54, 1.807) is 0 Å². The van der Waals surface area contributed by atoms with Gasteiger partial charge in [-0.2, -0.15) is 0 Å². The molecule has 2 aliphatic carbocycles. The van der Waals surface area contributed by atoms with Crippen LogP contribution in [0, 0.1) is 17.6 Å². The summed E-state index contributed by atoms with van der Waals surface area (Å²) in [6.45, 7) is 0. The van der Waals surface area contributed by atoms with E-state index in [1.165, 1.54) is 12.1 Å². The number of hydrogen-bond donors (Lipinski definition) is 2. The molecule has 0 aliphatic heterocycles. The van der Waals surface area contributed by atoms with E-state index in [9.17, 15) is 18.7 Å². The average molecular weight is 329 g/mol. The van der Waals surface area contributed by atoms with Crippen LogP contribution in [-0.4, -0.2) is 17.1 Å². The van der Waals surface area contributed by atoms with Crippen LogP contribution in [-0.2, 0) is 11.2 Å². The van der Waals surface area contributed by atoms with Crippen molar-refractivity contribution >= 4 is 5.91 Å². The van der Waals surface area contributed by atoms with Gasteiger partial charge in [-0.3, -0.25) is 4.79 Å². The van der Waals surface area contributed by atoms with E-state index in [1.807, 2.05) is 24.3 Å². The summed E-state index contributed by atoms with van der Waals surface area (Å²) in [7, 11) is 0. The van der Waals surface area contributed by atoms with Gasteiger partial charge in [0.2, 0.25) is 5.91 Å². The van der Waals surface area contributed by atoms with Crippen molar-refractivity contribution in [2.24, 2.45) is 5.92 Å². The number of aliphatic hydroxyl groups excluding tert-OH is 1. The number of hydrogen-bond acceptors (Lipinski definition) is 2. The lowest BCUT2D eigenvalue weighted by atomic mass is 10.1. The molecule has 5 heteroatoms. The summed E-state index contributed by atoms with van der Waals surface area (Å²) in [4.78, 5) is 12.5. The van der Waals surface area contributed by atoms with Crippen LogP contribution in [0.15, 0.2) is 42.5 Å². The first-order valence-electron chi connectivity index (χ1n) is 8.06. The highest BCUT2D eigenvalue weighted by atomic mass is 19.1. The SMILES string of the molecule is O=C(NC1c2ccccc2CC1O)C1CC1c1ccc(F)cc1F. The molecular weight excluding hydrogens is 312 g/mol. The van der Waals surface area contributed by atoms with Gasteiger partial charge in [-0.15, -0.1) is 0 Å². The van der Waals surface area contributed by atoms with Crippen molar-refractivity contribution in [3.63, 3.8) is 0 Å². The van der Waals surface area contributed by atoms with Crippen molar-refractivity contribution in [3.05, 3.63) is 70.8 Å². The lowest BCUT2D eigenvalue weighted by molar-refractivity contribution is -0.123. The van der Waals surface area contributed by atoms with Crippen molar-refractivity contribution in [2.75, 3.05) is 0 Å². The molecule has 1 amide bonds. The highest BCUT2D eigenvalue weighted by Crippen LogP contribution is 2.49. The molecule has 0 radical (unpaired) electrons. The second kappa shape index (κ2) is 5.67. The standard InChI is InChI=1S/C19H17F2NO2/c20-11-5-6-13(16(21)8-11)14-9-15(14)19(24)22-18-12-4-2-1-3-10(12)7-17(18)23/h1-6,8,14-15,17-18,23H,7,9H2,(H,22,24). The topological polar surface area (TPSA) is 49.3 Å². The van der Waals surface area contributed by atoms with Gasteiger partial charge in [-0.1, -0.05) is 30.3 Å². The van der Waals surface area contributed by atoms with E-state index in [2.05, 4.69) is 5.32 Å². The van der Waals surface area contributed by atoms with E-state index < -0.39 is 23.8 Å². The Morgan fingerprint density at radius 3 is 2.71 bits per heavy atom. The fourth-order valence-corrected chi connectivity index (χ4v) is 3.64. The zero-order valence-electron chi connectivity index (χ0n) is 12.9. The lowest BCUT2D eigenvalue weighted by Gasteiger charge is -2.18. The quantitative estimate of drug-likeness (QED) is 0.910. The number of carbonyl (C=O) groups is 1. The molecule has 3 nitrogen and oxygen atoms in total. The number of benzene rings is 2. The van der Waals surface area contributed by atoms with Crippen LogP contribution in [0.4, 0.5) is 8.78 Å². The summed E-state index contributed by atoms with van der Waals surface area (Å²) in [6, 6.07) is 10.7. The third kappa shape index (κ3) is 2.59. The minimum absolute atomic E-state index is 0.190. The second-order valence-corrected chi connectivity index (χ2v) is 6.57. The van der Waals surface area contributed by atoms with Crippen molar-refractivity contribution in [3.8, 4) is 0 Å². The van der Waals surface area contributed by atoms with Gasteiger partial charge in [0.1, 0.15) is 11.6 Å². The summed E-state index contributed by atoms with van der Waals surface area (Å²) in [5, 5.41) is 13.1. The van der Waals surface area contributed by atoms with Crippen LogP contribution in [0.25, 0.3) is 0 Å². The van der Waals surface area contributed by atoms with Crippen LogP contribution in [0.1, 0.15) is 35.1 Å². The Bertz CT molecular complexity index is 808. The van der Waals surface area contributed by atoms with Crippen LogP contribution < -0.4 is 5.32 Å². The molecule has 4 rings (SSSR count). The average Bonchev–Trinajstić information content (AvgIpc) is 3.27. The lowest BCUT2D eigenvalue weighted by Crippen LogP contribution is -2.35. The Kier molecular flexibility index (Phi) is 3.61. The van der Waals surface area contributed by atoms with Crippen molar-refractivity contribution in [2.45, 2.75) is 30.9 Å². The normalized spacial score (nSPS) is 27.6. The van der Waals surface area contributed by atoms with Crippen molar-refractivity contribution in [1.82, 2.24) is 5.32 Å². The summed E-state index contributed by atoms with van der Waals surface area (Å²) in [5.74, 6) is -1.97. The van der Waals surface area contributed by atoms with Crippen LogP contribution >= 0.6 is 0 Å². The summed E-state index contributed by atoms with van der Waals surface area (Å²) >= 11 is 0. The predicted molar refractivity (Wildman–Crippen MR) is 84.2 cm³/mol. The van der Waals surface area contributed by atoms with Crippen molar-refractivity contribution < 1.29 is 18.7 Å². The molecule has 1 fully saturated rings. The fraction of sp³-hybridized carbons (Fsp3) is 0.316. The van der Waals surface area contributed by atoms with Gasteiger partial charge in [0.25, 0.3) is 0 Å². The maximum absolute atomic E-state index is 13.8. The molecule has 0 bridgehead atoms. The first-order valence-corrected chi connectivity index (χ1v) is 8.06. The monoisotopic (exact) mass is 329 g/mol. The van der Waals surface area contributed by atoms with Gasteiger partial charge in [0, 0.05) is 18.4 Å². The molecule has 0 aromatic heterocycles. The van der Waals surface area contributed by atoms with Gasteiger partial charge in [0.15, 0.2) is 0 Å². The van der Waals surface area contributed by atoms with Crippen LogP contribution in [0.5, 0.6) is 0 Å². The molecule has 124 valence electrons. The van der Waals surface area contributed by atoms with E-state index in [0.717, 1.165) is 17.2 Å². The Morgan fingerprint density at radius 1 is 1.12 bits per heavy atom. The number of halogens is 2. The van der Waals surface area contributed by atoms with Gasteiger partial charge < -0.3 is 10.4 Å². The Balaban J connectivity index is 1.47. The third-order valence-corrected chi connectivity index (χ3v) is 4.99. The number of amides is 1. The first kappa shape index (κ1) is 15.3. The molecule has 1 saturated carbocycles. The van der Waals surface area contributed by atoms with E-state index in [0.29, 0.717) is 18.4 Å².